The standard InChI is InChI=1S/C12H16BrFO2/c1-4-12(2,16-3)11(15)9-7-8(13)5-6-10(9)14/h5-7,11,15H,4H2,1-3H3. The monoisotopic (exact) mass is 290 g/mol. The lowest BCUT2D eigenvalue weighted by atomic mass is 9.90. The van der Waals surface area contributed by atoms with Gasteiger partial charge in [-0.3, -0.25) is 0 Å². The first-order valence-electron chi connectivity index (χ1n) is 5.12. The lowest BCUT2D eigenvalue weighted by Gasteiger charge is -2.32. The molecule has 1 rings (SSSR count). The first-order valence-corrected chi connectivity index (χ1v) is 5.92. The lowest BCUT2D eigenvalue weighted by Crippen LogP contribution is -2.34. The van der Waals surface area contributed by atoms with Gasteiger partial charge in [0.2, 0.25) is 0 Å². The number of benzene rings is 1. The first-order chi connectivity index (χ1) is 7.44. The van der Waals surface area contributed by atoms with E-state index in [-0.39, 0.29) is 5.56 Å². The van der Waals surface area contributed by atoms with Crippen molar-refractivity contribution >= 4 is 15.9 Å². The van der Waals surface area contributed by atoms with Crippen LogP contribution in [0.1, 0.15) is 31.9 Å². The summed E-state index contributed by atoms with van der Waals surface area (Å²) < 4.78 is 19.6. The first kappa shape index (κ1) is 13.6. The van der Waals surface area contributed by atoms with Gasteiger partial charge >= 0.3 is 0 Å². The predicted molar refractivity (Wildman–Crippen MR) is 64.8 cm³/mol. The summed E-state index contributed by atoms with van der Waals surface area (Å²) in [6.07, 6.45) is -0.392. The molecule has 0 fully saturated rings. The molecule has 2 atom stereocenters. The molecule has 0 spiro atoms. The van der Waals surface area contributed by atoms with Gasteiger partial charge < -0.3 is 9.84 Å². The van der Waals surface area contributed by atoms with Crippen molar-refractivity contribution < 1.29 is 14.2 Å². The maximum absolute atomic E-state index is 13.6. The Kier molecular flexibility index (Phi) is 4.47. The third-order valence-electron chi connectivity index (χ3n) is 3.00. The molecule has 1 aromatic rings. The normalized spacial score (nSPS) is 16.9. The Hall–Kier alpha value is -0.450. The van der Waals surface area contributed by atoms with E-state index in [9.17, 15) is 9.50 Å². The van der Waals surface area contributed by atoms with E-state index in [0.29, 0.717) is 6.42 Å². The van der Waals surface area contributed by atoms with Gasteiger partial charge in [-0.1, -0.05) is 22.9 Å². The Bertz CT molecular complexity index is 364. The average Bonchev–Trinajstić information content (AvgIpc) is 2.30. The van der Waals surface area contributed by atoms with Gasteiger partial charge in [-0.05, 0) is 31.5 Å². The highest BCUT2D eigenvalue weighted by molar-refractivity contribution is 9.10. The van der Waals surface area contributed by atoms with Crippen LogP contribution < -0.4 is 0 Å². The molecule has 1 aromatic carbocycles. The summed E-state index contributed by atoms with van der Waals surface area (Å²) in [6.45, 7) is 3.65. The topological polar surface area (TPSA) is 29.5 Å². The molecule has 0 radical (unpaired) electrons. The van der Waals surface area contributed by atoms with Crippen molar-refractivity contribution in [3.05, 3.63) is 34.1 Å². The lowest BCUT2D eigenvalue weighted by molar-refractivity contribution is -0.0955. The van der Waals surface area contributed by atoms with Gasteiger partial charge in [0.25, 0.3) is 0 Å². The van der Waals surface area contributed by atoms with Crippen molar-refractivity contribution in [3.63, 3.8) is 0 Å². The van der Waals surface area contributed by atoms with E-state index >= 15 is 0 Å². The second-order valence-electron chi connectivity index (χ2n) is 3.94. The van der Waals surface area contributed by atoms with Crippen molar-refractivity contribution in [2.24, 2.45) is 0 Å². The Morgan fingerprint density at radius 1 is 1.56 bits per heavy atom. The number of hydrogen-bond acceptors (Lipinski definition) is 2. The summed E-state index contributed by atoms with van der Waals surface area (Å²) in [5.41, 5.74) is -0.526. The maximum Gasteiger partial charge on any atom is 0.129 e. The van der Waals surface area contributed by atoms with Crippen LogP contribution in [0.3, 0.4) is 0 Å². The number of rotatable bonds is 4. The molecule has 0 bridgehead atoms. The Balaban J connectivity index is 3.12. The number of methoxy groups -OCH3 is 1. The molecule has 0 heterocycles. The summed E-state index contributed by atoms with van der Waals surface area (Å²) in [6, 6.07) is 4.50. The summed E-state index contributed by atoms with van der Waals surface area (Å²) in [5, 5.41) is 10.2. The predicted octanol–water partition coefficient (Wildman–Crippen LogP) is 3.44. The minimum Gasteiger partial charge on any atom is -0.385 e. The molecule has 0 saturated heterocycles. The summed E-state index contributed by atoms with van der Waals surface area (Å²) in [7, 11) is 1.52. The second kappa shape index (κ2) is 5.25. The number of aliphatic hydroxyl groups is 1. The Morgan fingerprint density at radius 3 is 2.69 bits per heavy atom. The van der Waals surface area contributed by atoms with Gasteiger partial charge in [0, 0.05) is 17.1 Å². The third kappa shape index (κ3) is 2.62. The number of halogens is 2. The quantitative estimate of drug-likeness (QED) is 0.921. The van der Waals surface area contributed by atoms with Crippen LogP contribution in [0, 0.1) is 5.82 Å². The Morgan fingerprint density at radius 2 is 2.19 bits per heavy atom. The zero-order chi connectivity index (χ0) is 12.3. The van der Waals surface area contributed by atoms with Gasteiger partial charge in [-0.2, -0.15) is 0 Å². The third-order valence-corrected chi connectivity index (χ3v) is 3.49. The van der Waals surface area contributed by atoms with Crippen LogP contribution in [-0.2, 0) is 4.74 Å². The number of ether oxygens (including phenoxy) is 1. The highest BCUT2D eigenvalue weighted by Gasteiger charge is 2.33. The molecule has 0 saturated carbocycles. The molecule has 2 unspecified atom stereocenters. The molecule has 0 amide bonds. The average molecular weight is 291 g/mol. The fourth-order valence-electron chi connectivity index (χ4n) is 1.50. The zero-order valence-corrected chi connectivity index (χ0v) is 11.2. The summed E-state index contributed by atoms with van der Waals surface area (Å²) in [4.78, 5) is 0. The maximum atomic E-state index is 13.6. The van der Waals surface area contributed by atoms with Gasteiger partial charge in [0.15, 0.2) is 0 Å². The van der Waals surface area contributed by atoms with E-state index in [2.05, 4.69) is 15.9 Å². The fourth-order valence-corrected chi connectivity index (χ4v) is 1.88. The molecular weight excluding hydrogens is 275 g/mol. The van der Waals surface area contributed by atoms with Crippen molar-refractivity contribution in [2.45, 2.75) is 32.0 Å². The van der Waals surface area contributed by atoms with Crippen LogP contribution in [0.4, 0.5) is 4.39 Å². The van der Waals surface area contributed by atoms with Crippen LogP contribution in [-0.4, -0.2) is 17.8 Å². The SMILES string of the molecule is CCC(C)(OC)C(O)c1cc(Br)ccc1F. The number of aliphatic hydroxyl groups excluding tert-OH is 1. The summed E-state index contributed by atoms with van der Waals surface area (Å²) >= 11 is 3.26. The minimum absolute atomic E-state index is 0.251. The van der Waals surface area contributed by atoms with E-state index in [0.717, 1.165) is 4.47 Å². The zero-order valence-electron chi connectivity index (χ0n) is 9.63. The Labute approximate surface area is 104 Å². The van der Waals surface area contributed by atoms with E-state index < -0.39 is 17.5 Å². The molecule has 16 heavy (non-hydrogen) atoms. The molecule has 0 aliphatic rings. The van der Waals surface area contributed by atoms with E-state index in [4.69, 9.17) is 4.74 Å². The van der Waals surface area contributed by atoms with Crippen LogP contribution in [0.25, 0.3) is 0 Å². The molecule has 0 aliphatic heterocycles. The fraction of sp³-hybridized carbons (Fsp3) is 0.500. The van der Waals surface area contributed by atoms with Crippen molar-refractivity contribution in [1.29, 1.82) is 0 Å². The van der Waals surface area contributed by atoms with E-state index in [1.807, 2.05) is 6.92 Å². The molecule has 0 aromatic heterocycles. The molecule has 2 nitrogen and oxygen atoms in total. The highest BCUT2D eigenvalue weighted by atomic mass is 79.9. The highest BCUT2D eigenvalue weighted by Crippen LogP contribution is 2.33. The van der Waals surface area contributed by atoms with Crippen LogP contribution in [0.2, 0.25) is 0 Å². The van der Waals surface area contributed by atoms with Crippen molar-refractivity contribution in [3.8, 4) is 0 Å². The smallest absolute Gasteiger partial charge is 0.129 e. The van der Waals surface area contributed by atoms with E-state index in [1.54, 1.807) is 19.1 Å². The van der Waals surface area contributed by atoms with E-state index in [1.165, 1.54) is 13.2 Å². The second-order valence-corrected chi connectivity index (χ2v) is 4.85. The van der Waals surface area contributed by atoms with Crippen LogP contribution >= 0.6 is 15.9 Å². The van der Waals surface area contributed by atoms with Gasteiger partial charge in [-0.15, -0.1) is 0 Å². The summed E-state index contributed by atoms with van der Waals surface area (Å²) in [5.74, 6) is -0.424. The molecule has 1 N–H and O–H groups in total. The van der Waals surface area contributed by atoms with Gasteiger partial charge in [-0.25, -0.2) is 4.39 Å². The largest absolute Gasteiger partial charge is 0.385 e. The molecule has 4 heteroatoms. The molecule has 90 valence electrons. The molecular formula is C12H16BrFO2. The van der Waals surface area contributed by atoms with Crippen molar-refractivity contribution in [1.82, 2.24) is 0 Å². The molecule has 0 aliphatic carbocycles. The van der Waals surface area contributed by atoms with Gasteiger partial charge in [0.1, 0.15) is 11.9 Å². The van der Waals surface area contributed by atoms with Crippen molar-refractivity contribution in [2.75, 3.05) is 7.11 Å². The van der Waals surface area contributed by atoms with Crippen LogP contribution in [0.15, 0.2) is 22.7 Å². The minimum atomic E-state index is -0.986. The van der Waals surface area contributed by atoms with Gasteiger partial charge in [0.05, 0.1) is 5.60 Å². The van der Waals surface area contributed by atoms with Crippen LogP contribution in [0.5, 0.6) is 0 Å². The number of hydrogen-bond donors (Lipinski definition) is 1.